The van der Waals surface area contributed by atoms with Crippen LogP contribution in [-0.4, -0.2) is 36.1 Å². The molecule has 1 aromatic rings. The highest BCUT2D eigenvalue weighted by Gasteiger charge is 2.22. The number of carbonyl (C=O) groups excluding carboxylic acids is 2. The molecule has 0 aliphatic rings. The number of ether oxygens (including phenoxy) is 1. The van der Waals surface area contributed by atoms with E-state index in [1.807, 2.05) is 0 Å². The van der Waals surface area contributed by atoms with Crippen molar-refractivity contribution in [1.29, 1.82) is 0 Å². The molecule has 0 aromatic heterocycles. The molecule has 7 heteroatoms. The molecule has 0 bridgehead atoms. The summed E-state index contributed by atoms with van der Waals surface area (Å²) >= 11 is 0. The molecule has 1 amide bonds. The maximum absolute atomic E-state index is 12.7. The molecule has 112 valence electrons. The standard InChI is InChI=1S/C14H14FNO5/c1-21-13(18)8-11(14(19)20)16-12(17)7-4-9-2-5-10(15)6-3-9/h2-7,11H,8H2,1H3,(H,16,17)(H,19,20)/t11-/m0/s1. The Bertz CT molecular complexity index is 553. The zero-order valence-corrected chi connectivity index (χ0v) is 11.2. The highest BCUT2D eigenvalue weighted by atomic mass is 19.1. The largest absolute Gasteiger partial charge is 0.480 e. The monoisotopic (exact) mass is 295 g/mol. The maximum Gasteiger partial charge on any atom is 0.326 e. The van der Waals surface area contributed by atoms with Crippen molar-refractivity contribution < 1.29 is 28.6 Å². The Morgan fingerprint density at radius 2 is 1.95 bits per heavy atom. The lowest BCUT2D eigenvalue weighted by Crippen LogP contribution is -2.41. The van der Waals surface area contributed by atoms with Crippen molar-refractivity contribution in [1.82, 2.24) is 5.32 Å². The van der Waals surface area contributed by atoms with Crippen LogP contribution >= 0.6 is 0 Å². The Labute approximate surface area is 120 Å². The summed E-state index contributed by atoms with van der Waals surface area (Å²) in [5.41, 5.74) is 0.575. The van der Waals surface area contributed by atoms with Gasteiger partial charge in [0.15, 0.2) is 0 Å². The molecule has 0 spiro atoms. The van der Waals surface area contributed by atoms with Crippen LogP contribution in [0.4, 0.5) is 4.39 Å². The summed E-state index contributed by atoms with van der Waals surface area (Å²) in [5, 5.41) is 11.1. The van der Waals surface area contributed by atoms with Gasteiger partial charge in [-0.25, -0.2) is 9.18 Å². The van der Waals surface area contributed by atoms with Crippen molar-refractivity contribution in [2.24, 2.45) is 0 Å². The van der Waals surface area contributed by atoms with E-state index in [-0.39, 0.29) is 0 Å². The van der Waals surface area contributed by atoms with Crippen molar-refractivity contribution in [2.45, 2.75) is 12.5 Å². The molecular formula is C14H14FNO5. The molecular weight excluding hydrogens is 281 g/mol. The fourth-order valence-electron chi connectivity index (χ4n) is 1.42. The van der Waals surface area contributed by atoms with E-state index in [9.17, 15) is 18.8 Å². The van der Waals surface area contributed by atoms with Crippen LogP contribution in [0.1, 0.15) is 12.0 Å². The molecule has 0 unspecified atom stereocenters. The number of esters is 1. The molecule has 21 heavy (non-hydrogen) atoms. The number of aliphatic carboxylic acids is 1. The predicted molar refractivity (Wildman–Crippen MR) is 71.6 cm³/mol. The van der Waals surface area contributed by atoms with Crippen molar-refractivity contribution in [3.8, 4) is 0 Å². The minimum absolute atomic E-state index is 0.402. The molecule has 0 saturated heterocycles. The number of halogens is 1. The molecule has 0 fully saturated rings. The first-order valence-electron chi connectivity index (χ1n) is 5.96. The third kappa shape index (κ3) is 5.85. The Morgan fingerprint density at radius 1 is 1.33 bits per heavy atom. The molecule has 2 N–H and O–H groups in total. The van der Waals surface area contributed by atoms with E-state index in [0.717, 1.165) is 13.2 Å². The smallest absolute Gasteiger partial charge is 0.326 e. The first-order valence-corrected chi connectivity index (χ1v) is 5.96. The van der Waals surface area contributed by atoms with Gasteiger partial charge in [-0.3, -0.25) is 9.59 Å². The van der Waals surface area contributed by atoms with Gasteiger partial charge in [-0.05, 0) is 23.8 Å². The Hall–Kier alpha value is -2.70. The lowest BCUT2D eigenvalue weighted by atomic mass is 10.2. The number of nitrogens with one attached hydrogen (secondary N) is 1. The van der Waals surface area contributed by atoms with Gasteiger partial charge in [-0.1, -0.05) is 12.1 Å². The Balaban J connectivity index is 2.63. The SMILES string of the molecule is COC(=O)C[C@H](NC(=O)C=Cc1ccc(F)cc1)C(=O)O. The van der Waals surface area contributed by atoms with Gasteiger partial charge < -0.3 is 15.2 Å². The number of methoxy groups -OCH3 is 1. The van der Waals surface area contributed by atoms with Gasteiger partial charge in [0, 0.05) is 6.08 Å². The van der Waals surface area contributed by atoms with Gasteiger partial charge in [0.1, 0.15) is 11.9 Å². The van der Waals surface area contributed by atoms with Crippen LogP contribution in [0.2, 0.25) is 0 Å². The second-order valence-electron chi connectivity index (χ2n) is 4.06. The Morgan fingerprint density at radius 3 is 2.48 bits per heavy atom. The molecule has 0 heterocycles. The van der Waals surface area contributed by atoms with Crippen molar-refractivity contribution in [2.75, 3.05) is 7.11 Å². The summed E-state index contributed by atoms with van der Waals surface area (Å²) in [6, 6.07) is 4.01. The number of amides is 1. The lowest BCUT2D eigenvalue weighted by molar-refractivity contribution is -0.148. The molecule has 0 saturated carbocycles. The first-order chi connectivity index (χ1) is 9.92. The predicted octanol–water partition coefficient (Wildman–Crippen LogP) is 0.971. The average Bonchev–Trinajstić information content (AvgIpc) is 2.45. The fraction of sp³-hybridized carbons (Fsp3) is 0.214. The topological polar surface area (TPSA) is 92.7 Å². The number of rotatable bonds is 6. The average molecular weight is 295 g/mol. The van der Waals surface area contributed by atoms with Crippen LogP contribution in [0.3, 0.4) is 0 Å². The van der Waals surface area contributed by atoms with Gasteiger partial charge in [0.05, 0.1) is 13.5 Å². The number of hydrogen-bond acceptors (Lipinski definition) is 4. The van der Waals surface area contributed by atoms with Crippen molar-refractivity contribution >= 4 is 23.9 Å². The second kappa shape index (κ2) is 7.78. The molecule has 1 aromatic carbocycles. The molecule has 1 rings (SSSR count). The summed E-state index contributed by atoms with van der Waals surface area (Å²) in [5.74, 6) is -3.18. The minimum Gasteiger partial charge on any atom is -0.480 e. The number of benzene rings is 1. The van der Waals surface area contributed by atoms with Crippen LogP contribution < -0.4 is 5.32 Å². The fourth-order valence-corrected chi connectivity index (χ4v) is 1.42. The summed E-state index contributed by atoms with van der Waals surface area (Å²) < 4.78 is 17.0. The quantitative estimate of drug-likeness (QED) is 0.602. The third-order valence-electron chi connectivity index (χ3n) is 2.51. The van der Waals surface area contributed by atoms with E-state index >= 15 is 0 Å². The van der Waals surface area contributed by atoms with E-state index in [1.54, 1.807) is 0 Å². The van der Waals surface area contributed by atoms with Crippen molar-refractivity contribution in [3.05, 3.63) is 41.7 Å². The zero-order chi connectivity index (χ0) is 15.8. The molecule has 1 atom stereocenters. The van der Waals surface area contributed by atoms with Gasteiger partial charge in [-0.2, -0.15) is 0 Å². The molecule has 0 aliphatic heterocycles. The van der Waals surface area contributed by atoms with Crippen LogP contribution in [-0.2, 0) is 19.1 Å². The summed E-state index contributed by atoms with van der Waals surface area (Å²) in [6.07, 6.45) is 2.02. The van der Waals surface area contributed by atoms with Crippen molar-refractivity contribution in [3.63, 3.8) is 0 Å². The summed E-state index contributed by atoms with van der Waals surface area (Å²) in [6.45, 7) is 0. The summed E-state index contributed by atoms with van der Waals surface area (Å²) in [4.78, 5) is 33.5. The summed E-state index contributed by atoms with van der Waals surface area (Å²) in [7, 11) is 1.12. The van der Waals surface area contributed by atoms with Gasteiger partial charge in [0.2, 0.25) is 5.91 Å². The Kier molecular flexibility index (Phi) is 6.06. The van der Waals surface area contributed by atoms with Crippen LogP contribution in [0, 0.1) is 5.82 Å². The third-order valence-corrected chi connectivity index (χ3v) is 2.51. The van der Waals surface area contributed by atoms with Gasteiger partial charge in [-0.15, -0.1) is 0 Å². The van der Waals surface area contributed by atoms with E-state index < -0.39 is 36.1 Å². The lowest BCUT2D eigenvalue weighted by Gasteiger charge is -2.11. The highest BCUT2D eigenvalue weighted by Crippen LogP contribution is 2.04. The molecule has 6 nitrogen and oxygen atoms in total. The minimum atomic E-state index is -1.37. The van der Waals surface area contributed by atoms with E-state index in [0.29, 0.717) is 5.56 Å². The first kappa shape index (κ1) is 16.4. The maximum atomic E-state index is 12.7. The highest BCUT2D eigenvalue weighted by molar-refractivity contribution is 5.95. The van der Waals surface area contributed by atoms with E-state index in [4.69, 9.17) is 5.11 Å². The van der Waals surface area contributed by atoms with Crippen LogP contribution in [0.15, 0.2) is 30.3 Å². The number of hydrogen-bond donors (Lipinski definition) is 2. The van der Waals surface area contributed by atoms with E-state index in [2.05, 4.69) is 10.1 Å². The normalized spacial score (nSPS) is 11.9. The number of carboxylic acids is 1. The number of carbonyl (C=O) groups is 3. The van der Waals surface area contributed by atoms with Crippen LogP contribution in [0.25, 0.3) is 6.08 Å². The molecule has 0 radical (unpaired) electrons. The van der Waals surface area contributed by atoms with Gasteiger partial charge in [0.25, 0.3) is 0 Å². The number of carboxylic acid groups (broad SMARTS) is 1. The van der Waals surface area contributed by atoms with E-state index in [1.165, 1.54) is 30.3 Å². The van der Waals surface area contributed by atoms with Gasteiger partial charge >= 0.3 is 11.9 Å². The second-order valence-corrected chi connectivity index (χ2v) is 4.06. The zero-order valence-electron chi connectivity index (χ0n) is 11.2. The van der Waals surface area contributed by atoms with Crippen LogP contribution in [0.5, 0.6) is 0 Å². The molecule has 0 aliphatic carbocycles.